The number of likely N-dealkylation sites (N-methyl/N-ethyl adjacent to an activating group) is 1. The van der Waals surface area contributed by atoms with Crippen molar-refractivity contribution in [3.63, 3.8) is 0 Å². The second-order valence-corrected chi connectivity index (χ2v) is 5.65. The molecule has 2 atom stereocenters. The first-order valence-corrected chi connectivity index (χ1v) is 6.36. The zero-order valence-corrected chi connectivity index (χ0v) is 11.2. The van der Waals surface area contributed by atoms with Gasteiger partial charge in [0.25, 0.3) is 0 Å². The fourth-order valence-corrected chi connectivity index (χ4v) is 2.43. The van der Waals surface area contributed by atoms with Crippen molar-refractivity contribution in [3.05, 3.63) is 0 Å². The molecule has 3 heteroatoms. The number of carbonyl (C=O) groups is 1. The topological polar surface area (TPSA) is 23.6 Å². The monoisotopic (exact) mass is 226 g/mol. The first-order chi connectivity index (χ1) is 7.50. The molecule has 1 aliphatic rings. The summed E-state index contributed by atoms with van der Waals surface area (Å²) < 4.78 is 0. The first-order valence-electron chi connectivity index (χ1n) is 6.36. The maximum absolute atomic E-state index is 11.1. The zero-order chi connectivity index (χ0) is 12.2. The average molecular weight is 226 g/mol. The van der Waals surface area contributed by atoms with Gasteiger partial charge < -0.3 is 9.69 Å². The molecule has 2 unspecified atom stereocenters. The molecule has 3 nitrogen and oxygen atoms in total. The van der Waals surface area contributed by atoms with Gasteiger partial charge in [-0.05, 0) is 39.9 Å². The smallest absolute Gasteiger partial charge is 0.127 e. The summed E-state index contributed by atoms with van der Waals surface area (Å²) in [5.74, 6) is 0. The van der Waals surface area contributed by atoms with Crippen LogP contribution in [0.2, 0.25) is 0 Å². The van der Waals surface area contributed by atoms with Gasteiger partial charge in [-0.1, -0.05) is 13.8 Å². The minimum absolute atomic E-state index is 0.158. The van der Waals surface area contributed by atoms with Crippen LogP contribution in [0, 0.1) is 5.41 Å². The molecule has 0 radical (unpaired) electrons. The van der Waals surface area contributed by atoms with Crippen molar-refractivity contribution in [3.8, 4) is 0 Å². The van der Waals surface area contributed by atoms with E-state index in [-0.39, 0.29) is 5.41 Å². The van der Waals surface area contributed by atoms with Crippen LogP contribution in [0.5, 0.6) is 0 Å². The van der Waals surface area contributed by atoms with Crippen molar-refractivity contribution >= 4 is 6.29 Å². The molecule has 1 fully saturated rings. The Kier molecular flexibility index (Phi) is 4.93. The van der Waals surface area contributed by atoms with E-state index in [0.29, 0.717) is 6.04 Å². The Hall–Kier alpha value is -0.410. The third kappa shape index (κ3) is 3.56. The molecular weight excluding hydrogens is 200 g/mol. The van der Waals surface area contributed by atoms with E-state index in [1.807, 2.05) is 0 Å². The molecule has 0 aromatic heterocycles. The predicted octanol–water partition coefficient (Wildman–Crippen LogP) is 1.63. The highest BCUT2D eigenvalue weighted by molar-refractivity contribution is 5.58. The van der Waals surface area contributed by atoms with Gasteiger partial charge >= 0.3 is 0 Å². The third-order valence-electron chi connectivity index (χ3n) is 3.73. The Morgan fingerprint density at radius 2 is 2.19 bits per heavy atom. The van der Waals surface area contributed by atoms with E-state index in [1.165, 1.54) is 12.8 Å². The lowest BCUT2D eigenvalue weighted by molar-refractivity contribution is -0.116. The average Bonchev–Trinajstić information content (AvgIpc) is 2.64. The van der Waals surface area contributed by atoms with Crippen LogP contribution in [0.25, 0.3) is 0 Å². The Bertz CT molecular complexity index is 230. The molecule has 16 heavy (non-hydrogen) atoms. The second kappa shape index (κ2) is 5.78. The summed E-state index contributed by atoms with van der Waals surface area (Å²) in [6.45, 7) is 7.36. The van der Waals surface area contributed by atoms with E-state index >= 15 is 0 Å². The maximum atomic E-state index is 11.1. The Morgan fingerprint density at radius 3 is 2.69 bits per heavy atom. The van der Waals surface area contributed by atoms with Crippen molar-refractivity contribution in [2.24, 2.45) is 5.41 Å². The maximum Gasteiger partial charge on any atom is 0.127 e. The number of hydrogen-bond acceptors (Lipinski definition) is 3. The van der Waals surface area contributed by atoms with Crippen LogP contribution in [0.3, 0.4) is 0 Å². The molecule has 0 aromatic carbocycles. The quantitative estimate of drug-likeness (QED) is 0.643. The van der Waals surface area contributed by atoms with Crippen LogP contribution in [0.4, 0.5) is 0 Å². The molecule has 0 bridgehead atoms. The number of aldehydes is 1. The standard InChI is InChI=1S/C13H26N2O/c1-5-13(2,11-16)10-15-8-6-7-12(15)9-14(3)4/h11-12H,5-10H2,1-4H3. The van der Waals surface area contributed by atoms with Gasteiger partial charge in [0, 0.05) is 24.5 Å². The predicted molar refractivity (Wildman–Crippen MR) is 67.6 cm³/mol. The summed E-state index contributed by atoms with van der Waals surface area (Å²) >= 11 is 0. The molecular formula is C13H26N2O. The van der Waals surface area contributed by atoms with Crippen LogP contribution in [0.15, 0.2) is 0 Å². The first kappa shape index (κ1) is 13.7. The Balaban J connectivity index is 2.55. The molecule has 0 amide bonds. The molecule has 94 valence electrons. The van der Waals surface area contributed by atoms with Gasteiger partial charge in [-0.2, -0.15) is 0 Å². The van der Waals surface area contributed by atoms with Gasteiger partial charge in [-0.25, -0.2) is 0 Å². The van der Waals surface area contributed by atoms with Crippen LogP contribution in [-0.4, -0.2) is 55.9 Å². The summed E-state index contributed by atoms with van der Waals surface area (Å²) in [5, 5.41) is 0. The normalized spacial score (nSPS) is 25.9. The molecule has 1 saturated heterocycles. The molecule has 0 aromatic rings. The van der Waals surface area contributed by atoms with Crippen LogP contribution >= 0.6 is 0 Å². The molecule has 0 spiro atoms. The highest BCUT2D eigenvalue weighted by Crippen LogP contribution is 2.25. The highest BCUT2D eigenvalue weighted by Gasteiger charge is 2.31. The minimum Gasteiger partial charge on any atom is -0.308 e. The van der Waals surface area contributed by atoms with Crippen molar-refractivity contribution in [2.45, 2.75) is 39.2 Å². The van der Waals surface area contributed by atoms with Gasteiger partial charge in [-0.15, -0.1) is 0 Å². The van der Waals surface area contributed by atoms with E-state index in [9.17, 15) is 4.79 Å². The van der Waals surface area contributed by atoms with Gasteiger partial charge in [0.05, 0.1) is 0 Å². The van der Waals surface area contributed by atoms with E-state index < -0.39 is 0 Å². The number of nitrogens with zero attached hydrogens (tertiary/aromatic N) is 2. The minimum atomic E-state index is -0.158. The van der Waals surface area contributed by atoms with Crippen molar-refractivity contribution < 1.29 is 4.79 Å². The fourth-order valence-electron chi connectivity index (χ4n) is 2.43. The van der Waals surface area contributed by atoms with Crippen molar-refractivity contribution in [1.29, 1.82) is 0 Å². The highest BCUT2D eigenvalue weighted by atomic mass is 16.1. The Morgan fingerprint density at radius 1 is 1.50 bits per heavy atom. The third-order valence-corrected chi connectivity index (χ3v) is 3.73. The largest absolute Gasteiger partial charge is 0.308 e. The van der Waals surface area contributed by atoms with Gasteiger partial charge in [0.2, 0.25) is 0 Å². The zero-order valence-electron chi connectivity index (χ0n) is 11.2. The van der Waals surface area contributed by atoms with E-state index in [2.05, 4.69) is 37.7 Å². The van der Waals surface area contributed by atoms with Gasteiger partial charge in [0.15, 0.2) is 0 Å². The lowest BCUT2D eigenvalue weighted by Crippen LogP contribution is -2.43. The summed E-state index contributed by atoms with van der Waals surface area (Å²) in [4.78, 5) is 15.9. The van der Waals surface area contributed by atoms with Crippen LogP contribution in [-0.2, 0) is 4.79 Å². The SMILES string of the molecule is CCC(C)(C=O)CN1CCCC1CN(C)C. The van der Waals surface area contributed by atoms with Crippen LogP contribution < -0.4 is 0 Å². The molecule has 0 N–H and O–H groups in total. The number of carbonyl (C=O) groups excluding carboxylic acids is 1. The van der Waals surface area contributed by atoms with E-state index in [4.69, 9.17) is 0 Å². The van der Waals surface area contributed by atoms with E-state index in [0.717, 1.165) is 32.3 Å². The fraction of sp³-hybridized carbons (Fsp3) is 0.923. The van der Waals surface area contributed by atoms with Gasteiger partial charge in [-0.3, -0.25) is 4.90 Å². The summed E-state index contributed by atoms with van der Waals surface area (Å²) in [7, 11) is 4.24. The summed E-state index contributed by atoms with van der Waals surface area (Å²) in [6, 6.07) is 0.640. The molecule has 1 aliphatic heterocycles. The summed E-state index contributed by atoms with van der Waals surface area (Å²) in [5.41, 5.74) is -0.158. The molecule has 1 rings (SSSR count). The van der Waals surface area contributed by atoms with Crippen LogP contribution in [0.1, 0.15) is 33.1 Å². The lowest BCUT2D eigenvalue weighted by atomic mass is 9.88. The summed E-state index contributed by atoms with van der Waals surface area (Å²) in [6.07, 6.45) is 4.62. The molecule has 1 heterocycles. The van der Waals surface area contributed by atoms with Crippen molar-refractivity contribution in [2.75, 3.05) is 33.7 Å². The lowest BCUT2D eigenvalue weighted by Gasteiger charge is -2.33. The number of likely N-dealkylation sites (tertiary alicyclic amines) is 1. The number of rotatable bonds is 6. The molecule has 0 saturated carbocycles. The van der Waals surface area contributed by atoms with Gasteiger partial charge in [0.1, 0.15) is 6.29 Å². The molecule has 0 aliphatic carbocycles. The van der Waals surface area contributed by atoms with Crippen molar-refractivity contribution in [1.82, 2.24) is 9.80 Å². The number of hydrogen-bond donors (Lipinski definition) is 0. The Labute approximate surface area is 99.8 Å². The van der Waals surface area contributed by atoms with E-state index in [1.54, 1.807) is 0 Å². The second-order valence-electron chi connectivity index (χ2n) is 5.65.